The lowest BCUT2D eigenvalue weighted by molar-refractivity contribution is 0.262. The Labute approximate surface area is 148 Å². The fraction of sp³-hybridized carbons (Fsp3) is 0.316. The van der Waals surface area contributed by atoms with Crippen molar-refractivity contribution in [1.29, 1.82) is 0 Å². The molecule has 0 unspecified atom stereocenters. The zero-order valence-electron chi connectivity index (χ0n) is 13.8. The summed E-state index contributed by atoms with van der Waals surface area (Å²) in [6, 6.07) is 14.1. The van der Waals surface area contributed by atoms with Gasteiger partial charge in [-0.2, -0.15) is 0 Å². The number of benzene rings is 2. The van der Waals surface area contributed by atoms with Crippen LogP contribution in [-0.4, -0.2) is 12.6 Å². The van der Waals surface area contributed by atoms with E-state index in [0.717, 1.165) is 12.2 Å². The third-order valence-electron chi connectivity index (χ3n) is 3.44. The Kier molecular flexibility index (Phi) is 7.43. The van der Waals surface area contributed by atoms with Crippen molar-refractivity contribution in [1.82, 2.24) is 0 Å². The third kappa shape index (κ3) is 6.50. The van der Waals surface area contributed by atoms with Gasteiger partial charge in [-0.1, -0.05) is 49.9 Å². The molecular weight excluding hydrogens is 324 g/mol. The van der Waals surface area contributed by atoms with Crippen molar-refractivity contribution in [2.45, 2.75) is 32.6 Å². The summed E-state index contributed by atoms with van der Waals surface area (Å²) < 4.78 is 5.72. The highest BCUT2D eigenvalue weighted by atomic mass is 35.5. The molecule has 0 aliphatic heterocycles. The Hall–Kier alpha value is -2.20. The molecule has 0 saturated carbocycles. The van der Waals surface area contributed by atoms with Crippen LogP contribution in [0.5, 0.6) is 5.75 Å². The van der Waals surface area contributed by atoms with E-state index in [4.69, 9.17) is 16.3 Å². The smallest absolute Gasteiger partial charge is 0.323 e. The van der Waals surface area contributed by atoms with Gasteiger partial charge in [-0.15, -0.1) is 0 Å². The van der Waals surface area contributed by atoms with E-state index in [1.54, 1.807) is 24.3 Å². The number of anilines is 2. The zero-order chi connectivity index (χ0) is 17.2. The minimum absolute atomic E-state index is 0.322. The molecule has 2 aromatic carbocycles. The minimum Gasteiger partial charge on any atom is -0.494 e. The summed E-state index contributed by atoms with van der Waals surface area (Å²) in [6.45, 7) is 2.88. The minimum atomic E-state index is -0.322. The van der Waals surface area contributed by atoms with Crippen molar-refractivity contribution in [3.05, 3.63) is 53.6 Å². The fourth-order valence-corrected chi connectivity index (χ4v) is 2.43. The zero-order valence-corrected chi connectivity index (χ0v) is 14.6. The van der Waals surface area contributed by atoms with Crippen molar-refractivity contribution in [3.8, 4) is 5.75 Å². The van der Waals surface area contributed by atoms with Crippen LogP contribution in [0.15, 0.2) is 48.5 Å². The maximum absolute atomic E-state index is 12.0. The first-order valence-corrected chi connectivity index (χ1v) is 8.61. The Balaban J connectivity index is 1.83. The van der Waals surface area contributed by atoms with E-state index in [2.05, 4.69) is 17.6 Å². The highest BCUT2D eigenvalue weighted by Gasteiger charge is 2.04. The number of rotatable bonds is 8. The van der Waals surface area contributed by atoms with Crippen molar-refractivity contribution >= 4 is 29.0 Å². The standard InChI is InChI=1S/C19H23ClN2O2/c1-2-3-4-5-12-24-18-11-7-10-17(14-18)22-19(23)21-16-9-6-8-15(20)13-16/h6-11,13-14H,2-5,12H2,1H3,(H2,21,22,23). The number of carbonyl (C=O) groups is 1. The summed E-state index contributed by atoms with van der Waals surface area (Å²) in [5.41, 5.74) is 1.32. The van der Waals surface area contributed by atoms with Crippen LogP contribution >= 0.6 is 11.6 Å². The molecule has 0 saturated heterocycles. The Morgan fingerprint density at radius 1 is 1.00 bits per heavy atom. The molecule has 2 amide bonds. The van der Waals surface area contributed by atoms with E-state index in [1.165, 1.54) is 19.3 Å². The van der Waals surface area contributed by atoms with E-state index in [1.807, 2.05) is 24.3 Å². The van der Waals surface area contributed by atoms with Gasteiger partial charge in [0.15, 0.2) is 0 Å². The second-order valence-electron chi connectivity index (χ2n) is 5.53. The fourth-order valence-electron chi connectivity index (χ4n) is 2.24. The highest BCUT2D eigenvalue weighted by Crippen LogP contribution is 2.19. The number of urea groups is 1. The molecular formula is C19H23ClN2O2. The van der Waals surface area contributed by atoms with E-state index >= 15 is 0 Å². The molecule has 0 radical (unpaired) electrons. The molecule has 2 N–H and O–H groups in total. The van der Waals surface area contributed by atoms with Gasteiger partial charge in [0, 0.05) is 22.5 Å². The quantitative estimate of drug-likeness (QED) is 0.581. The predicted octanol–water partition coefficient (Wildman–Crippen LogP) is 5.94. The molecule has 0 bridgehead atoms. The van der Waals surface area contributed by atoms with Crippen LogP contribution in [0.1, 0.15) is 32.6 Å². The first-order chi connectivity index (χ1) is 11.7. The molecule has 5 heteroatoms. The molecule has 2 rings (SSSR count). The van der Waals surface area contributed by atoms with Crippen LogP contribution in [0.4, 0.5) is 16.2 Å². The predicted molar refractivity (Wildman–Crippen MR) is 100 cm³/mol. The summed E-state index contributed by atoms with van der Waals surface area (Å²) in [7, 11) is 0. The van der Waals surface area contributed by atoms with Gasteiger partial charge in [0.05, 0.1) is 6.61 Å². The van der Waals surface area contributed by atoms with E-state index in [-0.39, 0.29) is 6.03 Å². The molecule has 4 nitrogen and oxygen atoms in total. The molecule has 24 heavy (non-hydrogen) atoms. The first kappa shape index (κ1) is 18.1. The number of hydrogen-bond donors (Lipinski definition) is 2. The molecule has 0 atom stereocenters. The van der Waals surface area contributed by atoms with Crippen LogP contribution in [0, 0.1) is 0 Å². The Bertz CT molecular complexity index is 661. The van der Waals surface area contributed by atoms with Gasteiger partial charge in [0.25, 0.3) is 0 Å². The lowest BCUT2D eigenvalue weighted by atomic mass is 10.2. The van der Waals surface area contributed by atoms with Crippen LogP contribution in [0.2, 0.25) is 5.02 Å². The number of hydrogen-bond acceptors (Lipinski definition) is 2. The lowest BCUT2D eigenvalue weighted by Crippen LogP contribution is -2.19. The third-order valence-corrected chi connectivity index (χ3v) is 3.68. The van der Waals surface area contributed by atoms with Gasteiger partial charge in [-0.05, 0) is 36.8 Å². The van der Waals surface area contributed by atoms with Crippen LogP contribution in [0.25, 0.3) is 0 Å². The van der Waals surface area contributed by atoms with Crippen LogP contribution in [-0.2, 0) is 0 Å². The number of halogens is 1. The summed E-state index contributed by atoms with van der Waals surface area (Å²) in [4.78, 5) is 12.0. The van der Waals surface area contributed by atoms with Crippen LogP contribution in [0.3, 0.4) is 0 Å². The van der Waals surface area contributed by atoms with Gasteiger partial charge >= 0.3 is 6.03 Å². The first-order valence-electron chi connectivity index (χ1n) is 8.24. The summed E-state index contributed by atoms with van der Waals surface area (Å²) in [5, 5.41) is 6.10. The molecule has 0 heterocycles. The van der Waals surface area contributed by atoms with Crippen molar-refractivity contribution in [3.63, 3.8) is 0 Å². The largest absolute Gasteiger partial charge is 0.494 e. The van der Waals surface area contributed by atoms with Crippen molar-refractivity contribution in [2.75, 3.05) is 17.2 Å². The molecule has 0 spiro atoms. The summed E-state index contributed by atoms with van der Waals surface area (Å²) >= 11 is 5.90. The van der Waals surface area contributed by atoms with Crippen LogP contribution < -0.4 is 15.4 Å². The maximum Gasteiger partial charge on any atom is 0.323 e. The Morgan fingerprint density at radius 2 is 1.71 bits per heavy atom. The SMILES string of the molecule is CCCCCCOc1cccc(NC(=O)Nc2cccc(Cl)c2)c1. The van der Waals surface area contributed by atoms with Gasteiger partial charge < -0.3 is 15.4 Å². The summed E-state index contributed by atoms with van der Waals surface area (Å²) in [6.07, 6.45) is 4.66. The van der Waals surface area contributed by atoms with Gasteiger partial charge in [-0.3, -0.25) is 0 Å². The number of unbranched alkanes of at least 4 members (excludes halogenated alkanes) is 3. The van der Waals surface area contributed by atoms with Crippen molar-refractivity contribution < 1.29 is 9.53 Å². The van der Waals surface area contributed by atoms with Gasteiger partial charge in [-0.25, -0.2) is 4.79 Å². The van der Waals surface area contributed by atoms with Crippen molar-refractivity contribution in [2.24, 2.45) is 0 Å². The average Bonchev–Trinajstić information content (AvgIpc) is 2.55. The molecule has 0 fully saturated rings. The Morgan fingerprint density at radius 3 is 2.42 bits per heavy atom. The second kappa shape index (κ2) is 9.83. The normalized spacial score (nSPS) is 10.2. The van der Waals surface area contributed by atoms with E-state index in [0.29, 0.717) is 23.0 Å². The highest BCUT2D eigenvalue weighted by molar-refractivity contribution is 6.30. The van der Waals surface area contributed by atoms with Gasteiger partial charge in [0.2, 0.25) is 0 Å². The average molecular weight is 347 g/mol. The number of ether oxygens (including phenoxy) is 1. The molecule has 0 aromatic heterocycles. The molecule has 0 aliphatic rings. The second-order valence-corrected chi connectivity index (χ2v) is 5.96. The monoisotopic (exact) mass is 346 g/mol. The maximum atomic E-state index is 12.0. The number of nitrogens with one attached hydrogen (secondary N) is 2. The van der Waals surface area contributed by atoms with Gasteiger partial charge in [0.1, 0.15) is 5.75 Å². The topological polar surface area (TPSA) is 50.4 Å². The molecule has 0 aliphatic carbocycles. The molecule has 128 valence electrons. The van der Waals surface area contributed by atoms with E-state index < -0.39 is 0 Å². The number of carbonyl (C=O) groups excluding carboxylic acids is 1. The number of amides is 2. The van der Waals surface area contributed by atoms with E-state index in [9.17, 15) is 4.79 Å². The summed E-state index contributed by atoms with van der Waals surface area (Å²) in [5.74, 6) is 0.757. The molecule has 2 aromatic rings. The lowest BCUT2D eigenvalue weighted by Gasteiger charge is -2.10.